The minimum atomic E-state index is 0.399. The lowest BCUT2D eigenvalue weighted by atomic mass is 9.95. The third-order valence-corrected chi connectivity index (χ3v) is 2.39. The van der Waals surface area contributed by atoms with Crippen molar-refractivity contribution in [1.29, 1.82) is 10.5 Å². The Morgan fingerprint density at radius 2 is 1.64 bits per heavy atom. The predicted molar refractivity (Wildman–Crippen MR) is 54.6 cm³/mol. The molecule has 0 bridgehead atoms. The van der Waals surface area contributed by atoms with Crippen LogP contribution in [0.4, 0.5) is 0 Å². The van der Waals surface area contributed by atoms with E-state index >= 15 is 0 Å². The Morgan fingerprint density at radius 3 is 2.00 bits per heavy atom. The van der Waals surface area contributed by atoms with E-state index in [0.29, 0.717) is 17.0 Å². The van der Waals surface area contributed by atoms with E-state index in [0.717, 1.165) is 12.0 Å². The summed E-state index contributed by atoms with van der Waals surface area (Å²) < 4.78 is 0. The van der Waals surface area contributed by atoms with Crippen molar-refractivity contribution < 1.29 is 0 Å². The van der Waals surface area contributed by atoms with E-state index in [-0.39, 0.29) is 0 Å². The molecule has 1 atom stereocenters. The molecule has 0 aromatic heterocycles. The van der Waals surface area contributed by atoms with E-state index in [9.17, 15) is 0 Å². The summed E-state index contributed by atoms with van der Waals surface area (Å²) in [4.78, 5) is 0. The van der Waals surface area contributed by atoms with Gasteiger partial charge >= 0.3 is 0 Å². The van der Waals surface area contributed by atoms with Gasteiger partial charge in [-0.3, -0.25) is 0 Å². The first-order chi connectivity index (χ1) is 6.71. The molecule has 1 unspecified atom stereocenters. The lowest BCUT2D eigenvalue weighted by molar-refractivity contribution is 0.733. The van der Waals surface area contributed by atoms with Gasteiger partial charge in [-0.2, -0.15) is 10.5 Å². The van der Waals surface area contributed by atoms with E-state index in [1.807, 2.05) is 12.1 Å². The van der Waals surface area contributed by atoms with E-state index in [1.165, 1.54) is 0 Å². The van der Waals surface area contributed by atoms with Crippen LogP contribution in [-0.4, -0.2) is 0 Å². The quantitative estimate of drug-likeness (QED) is 0.709. The maximum atomic E-state index is 8.78. The molecule has 0 radical (unpaired) electrons. The minimum Gasteiger partial charge on any atom is -0.192 e. The van der Waals surface area contributed by atoms with Crippen LogP contribution < -0.4 is 0 Å². The third kappa shape index (κ3) is 2.12. The standard InChI is InChI=1S/C12H12N2/c1-3-9(2)12-5-10(7-13)4-11(6-12)8-14/h4-6,9H,3H2,1-2H3. The first-order valence-corrected chi connectivity index (χ1v) is 4.66. The van der Waals surface area contributed by atoms with Gasteiger partial charge in [0.1, 0.15) is 0 Å². The van der Waals surface area contributed by atoms with Crippen LogP contribution in [0.25, 0.3) is 0 Å². The Balaban J connectivity index is 3.20. The van der Waals surface area contributed by atoms with Crippen LogP contribution >= 0.6 is 0 Å². The third-order valence-electron chi connectivity index (χ3n) is 2.39. The van der Waals surface area contributed by atoms with Gasteiger partial charge in [0.15, 0.2) is 0 Å². The second-order valence-electron chi connectivity index (χ2n) is 3.38. The second-order valence-corrected chi connectivity index (χ2v) is 3.38. The molecule has 0 saturated heterocycles. The largest absolute Gasteiger partial charge is 0.192 e. The number of nitriles is 2. The van der Waals surface area contributed by atoms with Crippen molar-refractivity contribution in [3.63, 3.8) is 0 Å². The molecule has 0 amide bonds. The Labute approximate surface area is 84.4 Å². The van der Waals surface area contributed by atoms with Gasteiger partial charge in [-0.15, -0.1) is 0 Å². The molecule has 0 aliphatic carbocycles. The fourth-order valence-corrected chi connectivity index (χ4v) is 1.30. The van der Waals surface area contributed by atoms with Crippen LogP contribution in [-0.2, 0) is 0 Å². The molecule has 2 nitrogen and oxygen atoms in total. The highest BCUT2D eigenvalue weighted by Crippen LogP contribution is 2.21. The summed E-state index contributed by atoms with van der Waals surface area (Å²) >= 11 is 0. The maximum Gasteiger partial charge on any atom is 0.0992 e. The molecular formula is C12H12N2. The van der Waals surface area contributed by atoms with Crippen molar-refractivity contribution in [2.45, 2.75) is 26.2 Å². The van der Waals surface area contributed by atoms with Crippen LogP contribution in [0, 0.1) is 22.7 Å². The Hall–Kier alpha value is -1.80. The average molecular weight is 184 g/mol. The molecule has 0 N–H and O–H groups in total. The zero-order chi connectivity index (χ0) is 10.6. The van der Waals surface area contributed by atoms with Crippen molar-refractivity contribution in [3.8, 4) is 12.1 Å². The lowest BCUT2D eigenvalue weighted by Crippen LogP contribution is -1.93. The molecule has 0 aliphatic heterocycles. The Morgan fingerprint density at radius 1 is 1.14 bits per heavy atom. The summed E-state index contributed by atoms with van der Waals surface area (Å²) in [6, 6.07) is 9.47. The van der Waals surface area contributed by atoms with E-state index in [1.54, 1.807) is 6.07 Å². The number of nitrogens with zero attached hydrogens (tertiary/aromatic N) is 2. The summed E-state index contributed by atoms with van der Waals surface area (Å²) in [7, 11) is 0. The molecule has 0 aliphatic rings. The smallest absolute Gasteiger partial charge is 0.0992 e. The summed E-state index contributed by atoms with van der Waals surface area (Å²) in [5.74, 6) is 0.399. The second kappa shape index (κ2) is 4.44. The van der Waals surface area contributed by atoms with Gasteiger partial charge in [-0.25, -0.2) is 0 Å². The van der Waals surface area contributed by atoms with Crippen molar-refractivity contribution in [3.05, 3.63) is 34.9 Å². The lowest BCUT2D eigenvalue weighted by Gasteiger charge is -2.09. The van der Waals surface area contributed by atoms with Crippen LogP contribution in [0.15, 0.2) is 18.2 Å². The first-order valence-electron chi connectivity index (χ1n) is 4.66. The molecule has 1 rings (SSSR count). The summed E-state index contributed by atoms with van der Waals surface area (Å²) in [5, 5.41) is 17.6. The number of hydrogen-bond donors (Lipinski definition) is 0. The van der Waals surface area contributed by atoms with E-state index in [4.69, 9.17) is 10.5 Å². The molecule has 0 heterocycles. The zero-order valence-corrected chi connectivity index (χ0v) is 8.41. The SMILES string of the molecule is CCC(C)c1cc(C#N)cc(C#N)c1. The fourth-order valence-electron chi connectivity index (χ4n) is 1.30. The van der Waals surface area contributed by atoms with Gasteiger partial charge in [0.25, 0.3) is 0 Å². The number of rotatable bonds is 2. The van der Waals surface area contributed by atoms with Gasteiger partial charge in [-0.1, -0.05) is 13.8 Å². The molecule has 1 aromatic rings. The summed E-state index contributed by atoms with van der Waals surface area (Å²) in [6.07, 6.45) is 1.01. The van der Waals surface area contributed by atoms with E-state index in [2.05, 4.69) is 26.0 Å². The first kappa shape index (κ1) is 10.3. The van der Waals surface area contributed by atoms with Crippen molar-refractivity contribution >= 4 is 0 Å². The number of hydrogen-bond acceptors (Lipinski definition) is 2. The zero-order valence-electron chi connectivity index (χ0n) is 8.41. The van der Waals surface area contributed by atoms with Crippen molar-refractivity contribution in [2.24, 2.45) is 0 Å². The maximum absolute atomic E-state index is 8.78. The average Bonchev–Trinajstić information content (AvgIpc) is 2.27. The highest BCUT2D eigenvalue weighted by atomic mass is 14.3. The molecule has 0 saturated carbocycles. The van der Waals surface area contributed by atoms with Crippen LogP contribution in [0.5, 0.6) is 0 Å². The molecule has 2 heteroatoms. The molecule has 70 valence electrons. The minimum absolute atomic E-state index is 0.399. The predicted octanol–water partition coefficient (Wildman–Crippen LogP) is 2.94. The number of benzene rings is 1. The Bertz CT molecular complexity index is 375. The van der Waals surface area contributed by atoms with Crippen molar-refractivity contribution in [1.82, 2.24) is 0 Å². The van der Waals surface area contributed by atoms with Crippen LogP contribution in [0.2, 0.25) is 0 Å². The van der Waals surface area contributed by atoms with Crippen molar-refractivity contribution in [2.75, 3.05) is 0 Å². The van der Waals surface area contributed by atoms with Crippen LogP contribution in [0.3, 0.4) is 0 Å². The molecule has 1 aromatic carbocycles. The van der Waals surface area contributed by atoms with Gasteiger partial charge < -0.3 is 0 Å². The van der Waals surface area contributed by atoms with Gasteiger partial charge in [-0.05, 0) is 36.1 Å². The molecule has 0 spiro atoms. The Kier molecular flexibility index (Phi) is 3.26. The summed E-state index contributed by atoms with van der Waals surface area (Å²) in [5.41, 5.74) is 2.21. The molecular weight excluding hydrogens is 172 g/mol. The van der Waals surface area contributed by atoms with Gasteiger partial charge in [0, 0.05) is 0 Å². The van der Waals surface area contributed by atoms with Gasteiger partial charge in [0.2, 0.25) is 0 Å². The van der Waals surface area contributed by atoms with Gasteiger partial charge in [0.05, 0.1) is 23.3 Å². The highest BCUT2D eigenvalue weighted by molar-refractivity contribution is 5.43. The van der Waals surface area contributed by atoms with Crippen LogP contribution in [0.1, 0.15) is 42.9 Å². The molecule has 0 fully saturated rings. The summed E-state index contributed by atoms with van der Waals surface area (Å²) in [6.45, 7) is 4.19. The molecule has 14 heavy (non-hydrogen) atoms. The monoisotopic (exact) mass is 184 g/mol. The topological polar surface area (TPSA) is 47.6 Å². The van der Waals surface area contributed by atoms with E-state index < -0.39 is 0 Å². The highest BCUT2D eigenvalue weighted by Gasteiger charge is 2.06. The fraction of sp³-hybridized carbons (Fsp3) is 0.333. The normalized spacial score (nSPS) is 11.4.